The SMILES string of the molecule is N#C[C@@H]1CC(F)(F)CN1C(=O)CNC(=O)c1ccncc1-c1ccc(OCCCN(CCCOc2ccc(-c3cnccc3C(=O)NCC(=O)N3CC(F)(F)C[C@H]3C#N)cc2)C(=O)C2CCC(CNC(=O)CN3CCN(CC(=O)O)CCN(CC(=O)O)CCN(CC(=O)O)CC3)CC2)cc1. The predicted octanol–water partition coefficient (Wildman–Crippen LogP) is 3.25. The number of nitriles is 2. The van der Waals surface area contributed by atoms with Gasteiger partial charge in [0.1, 0.15) is 23.6 Å². The molecule has 4 aromatic rings. The number of pyridine rings is 2. The van der Waals surface area contributed by atoms with E-state index in [0.29, 0.717) is 91.9 Å². The summed E-state index contributed by atoms with van der Waals surface area (Å²) < 4.78 is 68.4. The molecule has 28 nitrogen and oxygen atoms in total. The van der Waals surface area contributed by atoms with Crippen LogP contribution in [-0.4, -0.2) is 274 Å². The number of benzene rings is 2. The van der Waals surface area contributed by atoms with Crippen LogP contribution in [0.1, 0.15) is 72.1 Å². The quantitative estimate of drug-likeness (QED) is 0.0336. The topological polar surface area (TPSA) is 365 Å². The summed E-state index contributed by atoms with van der Waals surface area (Å²) in [5.41, 5.74) is 2.29. The van der Waals surface area contributed by atoms with Crippen LogP contribution < -0.4 is 25.4 Å². The Morgan fingerprint density at radius 1 is 0.540 bits per heavy atom. The number of halogens is 4. The zero-order chi connectivity index (χ0) is 71.9. The average Bonchev–Trinajstić information content (AvgIpc) is 1.47. The number of alkyl halides is 4. The lowest BCUT2D eigenvalue weighted by Gasteiger charge is -2.33. The maximum absolute atomic E-state index is 14.5. The highest BCUT2D eigenvalue weighted by Gasteiger charge is 2.48. The van der Waals surface area contributed by atoms with E-state index in [1.54, 1.807) is 80.3 Å². The lowest BCUT2D eigenvalue weighted by atomic mass is 9.81. The number of rotatable bonds is 29. The van der Waals surface area contributed by atoms with Gasteiger partial charge >= 0.3 is 17.9 Å². The normalized spacial score (nSPS) is 19.9. The van der Waals surface area contributed by atoms with E-state index in [9.17, 15) is 86.6 Å². The number of ether oxygens (including phenoxy) is 2. The molecular formula is C68H82F4N14O14. The lowest BCUT2D eigenvalue weighted by Crippen LogP contribution is -2.50. The first kappa shape index (κ1) is 75.9. The number of nitrogens with zero attached hydrogens (tertiary/aromatic N) is 11. The summed E-state index contributed by atoms with van der Waals surface area (Å²) in [7, 11) is 0. The molecule has 0 radical (unpaired) electrons. The van der Waals surface area contributed by atoms with Crippen molar-refractivity contribution in [3.8, 4) is 45.9 Å². The first-order valence-corrected chi connectivity index (χ1v) is 33.0. The first-order valence-electron chi connectivity index (χ1n) is 33.0. The molecule has 4 aliphatic rings. The molecule has 1 aliphatic carbocycles. The third-order valence-corrected chi connectivity index (χ3v) is 17.9. The van der Waals surface area contributed by atoms with Crippen molar-refractivity contribution in [2.75, 3.05) is 138 Å². The van der Waals surface area contributed by atoms with Crippen LogP contribution in [0, 0.1) is 34.5 Å². The molecule has 2 atom stereocenters. The number of likely N-dealkylation sites (tertiary alicyclic amines) is 2. The van der Waals surface area contributed by atoms with E-state index in [0.717, 1.165) is 9.80 Å². The Morgan fingerprint density at radius 2 is 0.920 bits per heavy atom. The van der Waals surface area contributed by atoms with E-state index in [2.05, 4.69) is 25.9 Å². The molecule has 8 rings (SSSR count). The van der Waals surface area contributed by atoms with Crippen molar-refractivity contribution in [2.45, 2.75) is 75.3 Å². The fraction of sp³-hybridized carbons (Fsp3) is 0.515. The van der Waals surface area contributed by atoms with E-state index >= 15 is 0 Å². The number of nitrogens with one attached hydrogen (secondary N) is 3. The van der Waals surface area contributed by atoms with Gasteiger partial charge in [-0.25, -0.2) is 17.6 Å². The molecular weight excluding hydrogens is 1310 g/mol. The molecule has 6 amide bonds. The number of carbonyl (C=O) groups is 9. The standard InChI is InChI=1S/C68H82F4N14O14/c69-67(70)31-50(33-73)85(44-67)59(88)38-78-64(96)54-15-17-75-36-56(54)47-7-11-52(12-8-47)99-29-1-19-84(20-2-30-100-53-13-9-48(10-14-53)57-37-76-18-16-55(57)65(97)79-39-60(89)86-45-68(71,72)32-51(86)34-74)66(98)49-5-3-46(4-6-49)35-77-58(87)40-80-21-23-81(41-61(90)91)25-27-83(43-63(94)95)28-26-82(24-22-80)42-62(92)93/h7-18,36-37,46,49-51H,1-6,19-32,35,38-45H2,(H,77,87)(H,78,96)(H,79,97)(H,90,91)(H,92,93)(H,94,95)/t46?,49?,50-,51-/m0/s1. The Kier molecular flexibility index (Phi) is 27.5. The number of amides is 6. The summed E-state index contributed by atoms with van der Waals surface area (Å²) in [4.78, 5) is 134. The van der Waals surface area contributed by atoms with Gasteiger partial charge in [-0.1, -0.05) is 24.3 Å². The van der Waals surface area contributed by atoms with Crippen molar-refractivity contribution in [3.63, 3.8) is 0 Å². The molecule has 2 aromatic carbocycles. The maximum atomic E-state index is 14.5. The highest BCUT2D eigenvalue weighted by molar-refractivity contribution is 6.03. The van der Waals surface area contributed by atoms with E-state index in [1.165, 1.54) is 36.9 Å². The Hall–Kier alpha value is -9.89. The molecule has 1 saturated carbocycles. The summed E-state index contributed by atoms with van der Waals surface area (Å²) in [6, 6.07) is 17.3. The summed E-state index contributed by atoms with van der Waals surface area (Å²) in [6.45, 7) is -0.558. The molecule has 536 valence electrons. The Balaban J connectivity index is 0.857. The Morgan fingerprint density at radius 3 is 1.29 bits per heavy atom. The molecule has 32 heteroatoms. The molecule has 100 heavy (non-hydrogen) atoms. The predicted molar refractivity (Wildman–Crippen MR) is 349 cm³/mol. The molecule has 0 bridgehead atoms. The fourth-order valence-corrected chi connectivity index (χ4v) is 12.6. The van der Waals surface area contributed by atoms with Gasteiger partial charge in [-0.2, -0.15) is 10.5 Å². The summed E-state index contributed by atoms with van der Waals surface area (Å²) in [5.74, 6) is -12.2. The minimum atomic E-state index is -3.22. The first-order chi connectivity index (χ1) is 47.9. The molecule has 3 aliphatic heterocycles. The van der Waals surface area contributed by atoms with Gasteiger partial charge < -0.3 is 55.4 Å². The average molecular weight is 1400 g/mol. The van der Waals surface area contributed by atoms with Crippen molar-refractivity contribution in [1.82, 2.24) is 60.2 Å². The number of carbonyl (C=O) groups excluding carboxylic acids is 6. The smallest absolute Gasteiger partial charge is 0.317 e. The van der Waals surface area contributed by atoms with Gasteiger partial charge in [0.05, 0.1) is 88.8 Å². The molecule has 5 heterocycles. The summed E-state index contributed by atoms with van der Waals surface area (Å²) in [5, 5.41) is 55.4. The van der Waals surface area contributed by atoms with Crippen LogP contribution in [0.3, 0.4) is 0 Å². The third-order valence-electron chi connectivity index (χ3n) is 17.9. The largest absolute Gasteiger partial charge is 0.494 e. The van der Waals surface area contributed by atoms with E-state index in [-0.39, 0.29) is 127 Å². The number of hydrogen-bond acceptors (Lipinski definition) is 19. The Bertz CT molecular complexity index is 3410. The molecule has 4 fully saturated rings. The van der Waals surface area contributed by atoms with Crippen LogP contribution in [0.2, 0.25) is 0 Å². The van der Waals surface area contributed by atoms with Gasteiger partial charge in [-0.15, -0.1) is 0 Å². The number of aromatic nitrogens is 2. The van der Waals surface area contributed by atoms with Gasteiger partial charge in [0.15, 0.2) is 0 Å². The third kappa shape index (κ3) is 22.8. The molecule has 0 spiro atoms. The van der Waals surface area contributed by atoms with Crippen molar-refractivity contribution in [1.29, 1.82) is 10.5 Å². The van der Waals surface area contributed by atoms with Crippen LogP contribution in [0.25, 0.3) is 22.3 Å². The van der Waals surface area contributed by atoms with E-state index in [4.69, 9.17) is 9.47 Å². The molecule has 0 unspecified atom stereocenters. The second-order valence-corrected chi connectivity index (χ2v) is 25.2. The van der Waals surface area contributed by atoms with Crippen molar-refractivity contribution < 1.29 is 85.5 Å². The van der Waals surface area contributed by atoms with Gasteiger partial charge in [0.25, 0.3) is 23.7 Å². The van der Waals surface area contributed by atoms with Crippen LogP contribution in [0.5, 0.6) is 11.5 Å². The second-order valence-electron chi connectivity index (χ2n) is 25.2. The van der Waals surface area contributed by atoms with Crippen LogP contribution in [0.4, 0.5) is 17.6 Å². The monoisotopic (exact) mass is 1390 g/mol. The van der Waals surface area contributed by atoms with Crippen LogP contribution in [-0.2, 0) is 33.6 Å². The lowest BCUT2D eigenvalue weighted by molar-refractivity contribution is -0.140. The van der Waals surface area contributed by atoms with Crippen molar-refractivity contribution in [2.24, 2.45) is 11.8 Å². The molecule has 3 saturated heterocycles. The summed E-state index contributed by atoms with van der Waals surface area (Å²) >= 11 is 0. The fourth-order valence-electron chi connectivity index (χ4n) is 12.6. The number of carboxylic acid groups (broad SMARTS) is 3. The number of aliphatic carboxylic acids is 3. The van der Waals surface area contributed by atoms with Crippen LogP contribution >= 0.6 is 0 Å². The minimum Gasteiger partial charge on any atom is -0.494 e. The second kappa shape index (κ2) is 36.3. The van der Waals surface area contributed by atoms with Gasteiger partial charge in [0.2, 0.25) is 23.6 Å². The van der Waals surface area contributed by atoms with Gasteiger partial charge in [0, 0.05) is 127 Å². The van der Waals surface area contributed by atoms with Crippen molar-refractivity contribution in [3.05, 3.63) is 96.6 Å². The zero-order valence-corrected chi connectivity index (χ0v) is 55.2. The maximum Gasteiger partial charge on any atom is 0.317 e. The van der Waals surface area contributed by atoms with E-state index < -0.39 is 104 Å². The highest BCUT2D eigenvalue weighted by atomic mass is 19.3. The summed E-state index contributed by atoms with van der Waals surface area (Å²) in [6.07, 6.45) is 7.39. The highest BCUT2D eigenvalue weighted by Crippen LogP contribution is 2.34. The number of hydrogen-bond donors (Lipinski definition) is 6. The molecule has 2 aromatic heterocycles. The number of carboxylic acids is 3. The zero-order valence-electron chi connectivity index (χ0n) is 55.2. The Labute approximate surface area is 574 Å². The van der Waals surface area contributed by atoms with E-state index in [1.807, 2.05) is 4.90 Å². The van der Waals surface area contributed by atoms with Crippen molar-refractivity contribution >= 4 is 53.4 Å². The van der Waals surface area contributed by atoms with Gasteiger partial charge in [-0.3, -0.25) is 72.7 Å². The molecule has 6 N–H and O–H groups in total. The van der Waals surface area contributed by atoms with Crippen LogP contribution in [0.15, 0.2) is 85.5 Å². The minimum absolute atomic E-state index is 0.0397. The van der Waals surface area contributed by atoms with Gasteiger partial charge in [-0.05, 0) is 92.0 Å².